The Morgan fingerprint density at radius 1 is 0.962 bits per heavy atom. The maximum absolute atomic E-state index is 12.8. The fourth-order valence-corrected chi connectivity index (χ4v) is 2.88. The number of nitrogens with zero attached hydrogens (tertiary/aromatic N) is 2. The molecule has 0 bridgehead atoms. The number of hydrogen-bond acceptors (Lipinski definition) is 2. The maximum Gasteiger partial charge on any atom is 0.224 e. The number of aryl methyl sites for hydroxylation is 1. The summed E-state index contributed by atoms with van der Waals surface area (Å²) in [6.45, 7) is 8.55. The highest BCUT2D eigenvalue weighted by Crippen LogP contribution is 2.17. The molecule has 0 heterocycles. The molecule has 0 saturated carbocycles. The topological polar surface area (TPSA) is 40.6 Å². The highest BCUT2D eigenvalue weighted by atomic mass is 16.2. The summed E-state index contributed by atoms with van der Waals surface area (Å²) in [4.78, 5) is 28.4. The van der Waals surface area contributed by atoms with Crippen molar-refractivity contribution >= 4 is 17.5 Å². The van der Waals surface area contributed by atoms with E-state index in [2.05, 4.69) is 0 Å². The van der Waals surface area contributed by atoms with Crippen LogP contribution in [0.4, 0.5) is 5.69 Å². The van der Waals surface area contributed by atoms with Crippen molar-refractivity contribution in [1.29, 1.82) is 0 Å². The maximum atomic E-state index is 12.8. The van der Waals surface area contributed by atoms with Crippen LogP contribution in [0.5, 0.6) is 0 Å². The van der Waals surface area contributed by atoms with Gasteiger partial charge in [0.25, 0.3) is 0 Å². The van der Waals surface area contributed by atoms with Crippen LogP contribution in [-0.2, 0) is 16.1 Å². The molecule has 0 saturated heterocycles. The van der Waals surface area contributed by atoms with Gasteiger partial charge in [0.2, 0.25) is 11.8 Å². The zero-order valence-electron chi connectivity index (χ0n) is 16.1. The number of carbonyl (C=O) groups excluding carboxylic acids is 2. The van der Waals surface area contributed by atoms with Gasteiger partial charge in [-0.1, -0.05) is 48.0 Å². The summed E-state index contributed by atoms with van der Waals surface area (Å²) in [7, 11) is 0. The van der Waals surface area contributed by atoms with Gasteiger partial charge < -0.3 is 9.80 Å². The van der Waals surface area contributed by atoms with Crippen molar-refractivity contribution in [3.63, 3.8) is 0 Å². The number of benzene rings is 2. The van der Waals surface area contributed by atoms with E-state index in [0.29, 0.717) is 19.5 Å². The number of rotatable bonds is 7. The minimum absolute atomic E-state index is 0.0548. The van der Waals surface area contributed by atoms with Gasteiger partial charge in [0.1, 0.15) is 0 Å². The fourth-order valence-electron chi connectivity index (χ4n) is 2.88. The first-order chi connectivity index (χ1) is 12.4. The van der Waals surface area contributed by atoms with Crippen LogP contribution in [0, 0.1) is 6.92 Å². The number of amides is 2. The van der Waals surface area contributed by atoms with E-state index in [1.165, 1.54) is 6.92 Å². The Bertz CT molecular complexity index is 724. The average Bonchev–Trinajstić information content (AvgIpc) is 2.61. The van der Waals surface area contributed by atoms with E-state index in [-0.39, 0.29) is 17.9 Å². The Kier molecular flexibility index (Phi) is 6.96. The molecule has 0 aliphatic heterocycles. The number of carbonyl (C=O) groups is 2. The van der Waals surface area contributed by atoms with Gasteiger partial charge in [0, 0.05) is 38.2 Å². The van der Waals surface area contributed by atoms with Crippen LogP contribution in [0.1, 0.15) is 38.3 Å². The molecule has 0 fully saturated rings. The summed E-state index contributed by atoms with van der Waals surface area (Å²) in [5, 5.41) is 0. The molecule has 26 heavy (non-hydrogen) atoms. The molecule has 4 nitrogen and oxygen atoms in total. The minimum atomic E-state index is -0.0548. The lowest BCUT2D eigenvalue weighted by Gasteiger charge is -2.28. The summed E-state index contributed by atoms with van der Waals surface area (Å²) in [6, 6.07) is 17.9. The second kappa shape index (κ2) is 9.18. The van der Waals surface area contributed by atoms with E-state index < -0.39 is 0 Å². The third-order valence-electron chi connectivity index (χ3n) is 4.41. The van der Waals surface area contributed by atoms with E-state index in [1.807, 2.05) is 80.3 Å². The number of hydrogen-bond donors (Lipinski definition) is 0. The molecule has 0 spiro atoms. The molecular weight excluding hydrogens is 324 g/mol. The van der Waals surface area contributed by atoms with Crippen molar-refractivity contribution in [1.82, 2.24) is 4.90 Å². The molecule has 0 atom stereocenters. The highest BCUT2D eigenvalue weighted by Gasteiger charge is 2.20. The molecule has 4 heteroatoms. The van der Waals surface area contributed by atoms with Gasteiger partial charge in [-0.2, -0.15) is 0 Å². The molecule has 0 N–H and O–H groups in total. The second-order valence-electron chi connectivity index (χ2n) is 6.86. The zero-order valence-corrected chi connectivity index (χ0v) is 16.1. The summed E-state index contributed by atoms with van der Waals surface area (Å²) in [6.07, 6.45) is 0.304. The van der Waals surface area contributed by atoms with Gasteiger partial charge in [0.05, 0.1) is 0 Å². The molecule has 0 unspecified atom stereocenters. The SMILES string of the molecule is CC(=O)N(CCC(=O)N(Cc1ccccc1)C(C)C)c1ccc(C)cc1. The molecule has 138 valence electrons. The Morgan fingerprint density at radius 2 is 1.58 bits per heavy atom. The van der Waals surface area contributed by atoms with Crippen LogP contribution in [0.15, 0.2) is 54.6 Å². The summed E-state index contributed by atoms with van der Waals surface area (Å²) in [5.74, 6) is 0.00280. The standard InChI is InChI=1S/C22H28N2O2/c1-17(2)24(16-20-8-6-5-7-9-20)22(26)14-15-23(19(4)25)21-12-10-18(3)11-13-21/h5-13,17H,14-16H2,1-4H3. The number of anilines is 1. The predicted octanol–water partition coefficient (Wildman–Crippen LogP) is 4.18. The lowest BCUT2D eigenvalue weighted by atomic mass is 10.1. The molecule has 2 aromatic carbocycles. The Morgan fingerprint density at radius 3 is 2.12 bits per heavy atom. The Balaban J connectivity index is 2.05. The van der Waals surface area contributed by atoms with Gasteiger partial charge in [-0.25, -0.2) is 0 Å². The first kappa shape index (κ1) is 19.7. The molecule has 2 amide bonds. The van der Waals surface area contributed by atoms with Crippen LogP contribution < -0.4 is 4.90 Å². The normalized spacial score (nSPS) is 10.7. The quantitative estimate of drug-likeness (QED) is 0.750. The molecule has 0 aliphatic rings. The third-order valence-corrected chi connectivity index (χ3v) is 4.41. The van der Waals surface area contributed by atoms with Crippen LogP contribution in [0.25, 0.3) is 0 Å². The van der Waals surface area contributed by atoms with Crippen molar-refractivity contribution in [2.45, 2.75) is 46.7 Å². The van der Waals surface area contributed by atoms with Gasteiger partial charge in [-0.15, -0.1) is 0 Å². The molecular formula is C22H28N2O2. The molecule has 2 rings (SSSR count). The van der Waals surface area contributed by atoms with Gasteiger partial charge in [-0.3, -0.25) is 9.59 Å². The van der Waals surface area contributed by atoms with Gasteiger partial charge in [0.15, 0.2) is 0 Å². The Hall–Kier alpha value is -2.62. The molecule has 0 aromatic heterocycles. The predicted molar refractivity (Wildman–Crippen MR) is 106 cm³/mol. The van der Waals surface area contributed by atoms with E-state index in [4.69, 9.17) is 0 Å². The lowest BCUT2D eigenvalue weighted by Crippen LogP contribution is -2.39. The van der Waals surface area contributed by atoms with E-state index >= 15 is 0 Å². The monoisotopic (exact) mass is 352 g/mol. The van der Waals surface area contributed by atoms with Crippen molar-refractivity contribution in [3.05, 3.63) is 65.7 Å². The minimum Gasteiger partial charge on any atom is -0.336 e. The largest absolute Gasteiger partial charge is 0.336 e. The van der Waals surface area contributed by atoms with Crippen LogP contribution in [0.3, 0.4) is 0 Å². The second-order valence-corrected chi connectivity index (χ2v) is 6.86. The lowest BCUT2D eigenvalue weighted by molar-refractivity contribution is -0.133. The highest BCUT2D eigenvalue weighted by molar-refractivity contribution is 5.92. The van der Waals surface area contributed by atoms with Gasteiger partial charge >= 0.3 is 0 Å². The van der Waals surface area contributed by atoms with Crippen molar-refractivity contribution in [2.75, 3.05) is 11.4 Å². The summed E-state index contributed by atoms with van der Waals surface area (Å²) < 4.78 is 0. The van der Waals surface area contributed by atoms with Crippen LogP contribution in [-0.4, -0.2) is 29.3 Å². The first-order valence-corrected chi connectivity index (χ1v) is 9.06. The average molecular weight is 352 g/mol. The zero-order chi connectivity index (χ0) is 19.1. The van der Waals surface area contributed by atoms with Crippen molar-refractivity contribution in [3.8, 4) is 0 Å². The summed E-state index contributed by atoms with van der Waals surface area (Å²) >= 11 is 0. The van der Waals surface area contributed by atoms with E-state index in [9.17, 15) is 9.59 Å². The van der Waals surface area contributed by atoms with Crippen molar-refractivity contribution < 1.29 is 9.59 Å². The van der Waals surface area contributed by atoms with Crippen molar-refractivity contribution in [2.24, 2.45) is 0 Å². The van der Waals surface area contributed by atoms with E-state index in [0.717, 1.165) is 16.8 Å². The Labute approximate surface area is 156 Å². The first-order valence-electron chi connectivity index (χ1n) is 9.06. The van der Waals surface area contributed by atoms with Crippen LogP contribution >= 0.6 is 0 Å². The smallest absolute Gasteiger partial charge is 0.224 e. The van der Waals surface area contributed by atoms with E-state index in [1.54, 1.807) is 4.90 Å². The third kappa shape index (κ3) is 5.45. The molecule has 0 aliphatic carbocycles. The summed E-state index contributed by atoms with van der Waals surface area (Å²) in [5.41, 5.74) is 3.08. The van der Waals surface area contributed by atoms with Crippen LogP contribution in [0.2, 0.25) is 0 Å². The fraction of sp³-hybridized carbons (Fsp3) is 0.364. The molecule has 2 aromatic rings. The molecule has 0 radical (unpaired) electrons. The van der Waals surface area contributed by atoms with Gasteiger partial charge in [-0.05, 0) is 38.5 Å².